The Bertz CT molecular complexity index is 1300. The number of aryl methyl sites for hydroxylation is 1. The molecule has 180 valence electrons. The summed E-state index contributed by atoms with van der Waals surface area (Å²) in [7, 11) is -1.49. The number of amides is 3. The van der Waals surface area contributed by atoms with Gasteiger partial charge in [0.25, 0.3) is 5.91 Å². The monoisotopic (exact) mass is 488 g/mol. The zero-order chi connectivity index (χ0) is 25.2. The van der Waals surface area contributed by atoms with Crippen LogP contribution in [-0.4, -0.2) is 51.8 Å². The fourth-order valence-electron chi connectivity index (χ4n) is 3.37. The first kappa shape index (κ1) is 24.8. The van der Waals surface area contributed by atoms with Crippen LogP contribution in [0.25, 0.3) is 6.08 Å². The average Bonchev–Trinajstić information content (AvgIpc) is 2.78. The third-order valence-electron chi connectivity index (χ3n) is 5.11. The van der Waals surface area contributed by atoms with E-state index in [1.165, 1.54) is 38.5 Å². The number of carbonyl (C=O) groups is 3. The molecule has 2 aromatic carbocycles. The summed E-state index contributed by atoms with van der Waals surface area (Å²) in [6, 6.07) is 7.49. The lowest BCUT2D eigenvalue weighted by molar-refractivity contribution is -0.147. The van der Waals surface area contributed by atoms with E-state index < -0.39 is 34.4 Å². The van der Waals surface area contributed by atoms with Crippen LogP contribution in [0.2, 0.25) is 0 Å². The molecule has 1 aliphatic rings. The van der Waals surface area contributed by atoms with Crippen molar-refractivity contribution in [3.63, 3.8) is 0 Å². The minimum absolute atomic E-state index is 0.0734. The summed E-state index contributed by atoms with van der Waals surface area (Å²) in [5, 5.41) is 2.41. The van der Waals surface area contributed by atoms with E-state index in [0.29, 0.717) is 0 Å². The minimum Gasteiger partial charge on any atom is -0.493 e. The first-order valence-corrected chi connectivity index (χ1v) is 11.5. The number of hydrogen-bond acceptors (Lipinski definition) is 8. The van der Waals surface area contributed by atoms with Crippen LogP contribution in [-0.2, 0) is 24.5 Å². The third kappa shape index (κ3) is 4.88. The lowest BCUT2D eigenvalue weighted by Gasteiger charge is -2.26. The van der Waals surface area contributed by atoms with Crippen LogP contribution in [0.1, 0.15) is 23.6 Å². The molecule has 0 radical (unpaired) electrons. The van der Waals surface area contributed by atoms with E-state index in [4.69, 9.17) is 13.7 Å². The number of imide groups is 1. The van der Waals surface area contributed by atoms with Gasteiger partial charge in [-0.3, -0.25) is 19.3 Å². The lowest BCUT2D eigenvalue weighted by atomic mass is 10.1. The maximum absolute atomic E-state index is 13.0. The maximum atomic E-state index is 13.0. The van der Waals surface area contributed by atoms with Gasteiger partial charge < -0.3 is 19.0 Å². The normalized spacial score (nSPS) is 15.2. The summed E-state index contributed by atoms with van der Waals surface area (Å²) >= 11 is 0. The van der Waals surface area contributed by atoms with Crippen molar-refractivity contribution >= 4 is 33.9 Å². The van der Waals surface area contributed by atoms with Crippen molar-refractivity contribution in [1.82, 2.24) is 10.2 Å². The first-order valence-electron chi connectivity index (χ1n) is 10.1. The zero-order valence-corrected chi connectivity index (χ0v) is 20.1. The molecule has 1 saturated heterocycles. The van der Waals surface area contributed by atoms with Crippen LogP contribution < -0.4 is 19.0 Å². The number of benzene rings is 2. The largest absolute Gasteiger partial charge is 0.493 e. The van der Waals surface area contributed by atoms with Crippen molar-refractivity contribution in [3.05, 3.63) is 52.7 Å². The van der Waals surface area contributed by atoms with E-state index in [0.717, 1.165) is 17.4 Å². The zero-order valence-electron chi connectivity index (χ0n) is 19.3. The van der Waals surface area contributed by atoms with Gasteiger partial charge in [0.15, 0.2) is 17.2 Å². The molecule has 3 amide bonds. The maximum Gasteiger partial charge on any atom is 0.339 e. The standard InChI is InChI=1S/C23H24N2O8S/c1-13-6-8-17(9-7-13)34(29,30)33-21-14(2)22(32-5)19(31-4)11-16(21)10-18-23(28)25(15(3)26)12-20(27)24-18/h6-11H,12H2,1-5H3,(H,24,27)/b18-10-. The third-order valence-corrected chi connectivity index (χ3v) is 6.35. The van der Waals surface area contributed by atoms with Gasteiger partial charge in [0, 0.05) is 18.1 Å². The van der Waals surface area contributed by atoms with Crippen LogP contribution in [0.5, 0.6) is 17.2 Å². The number of ether oxygens (including phenoxy) is 2. The lowest BCUT2D eigenvalue weighted by Crippen LogP contribution is -2.51. The van der Waals surface area contributed by atoms with Gasteiger partial charge in [-0.05, 0) is 38.1 Å². The molecule has 0 aliphatic carbocycles. The Labute approximate surface area is 197 Å². The van der Waals surface area contributed by atoms with E-state index in [2.05, 4.69) is 5.32 Å². The number of carbonyl (C=O) groups excluding carboxylic acids is 3. The molecule has 1 N–H and O–H groups in total. The first-order chi connectivity index (χ1) is 16.0. The predicted octanol–water partition coefficient (Wildman–Crippen LogP) is 1.93. The van der Waals surface area contributed by atoms with Crippen molar-refractivity contribution in [2.75, 3.05) is 20.8 Å². The molecule has 34 heavy (non-hydrogen) atoms. The summed E-state index contributed by atoms with van der Waals surface area (Å²) in [6.07, 6.45) is 1.23. The number of nitrogens with one attached hydrogen (secondary N) is 1. The molecule has 11 heteroatoms. The second-order valence-electron chi connectivity index (χ2n) is 7.52. The van der Waals surface area contributed by atoms with Gasteiger partial charge in [-0.2, -0.15) is 8.42 Å². The van der Waals surface area contributed by atoms with Crippen LogP contribution in [0.3, 0.4) is 0 Å². The number of piperazine rings is 1. The van der Waals surface area contributed by atoms with Crippen molar-refractivity contribution in [3.8, 4) is 17.2 Å². The molecule has 1 aliphatic heterocycles. The molecule has 1 fully saturated rings. The van der Waals surface area contributed by atoms with Crippen LogP contribution in [0, 0.1) is 13.8 Å². The second kappa shape index (κ2) is 9.56. The van der Waals surface area contributed by atoms with Gasteiger partial charge in [0.2, 0.25) is 11.8 Å². The summed E-state index contributed by atoms with van der Waals surface area (Å²) < 4.78 is 42.2. The highest BCUT2D eigenvalue weighted by Crippen LogP contribution is 2.42. The Kier molecular flexibility index (Phi) is 6.96. The van der Waals surface area contributed by atoms with Crippen molar-refractivity contribution < 1.29 is 36.5 Å². The molecule has 2 aromatic rings. The highest BCUT2D eigenvalue weighted by molar-refractivity contribution is 7.87. The molecule has 10 nitrogen and oxygen atoms in total. The topological polar surface area (TPSA) is 128 Å². The van der Waals surface area contributed by atoms with Crippen LogP contribution >= 0.6 is 0 Å². The molecular weight excluding hydrogens is 464 g/mol. The number of methoxy groups -OCH3 is 2. The molecule has 0 atom stereocenters. The molecule has 0 spiro atoms. The fourth-order valence-corrected chi connectivity index (χ4v) is 4.38. The van der Waals surface area contributed by atoms with Gasteiger partial charge in [0.1, 0.15) is 17.1 Å². The quantitative estimate of drug-likeness (QED) is 0.483. The minimum atomic E-state index is -4.27. The Morgan fingerprint density at radius 3 is 2.26 bits per heavy atom. The van der Waals surface area contributed by atoms with E-state index in [1.807, 2.05) is 6.92 Å². The van der Waals surface area contributed by atoms with Gasteiger partial charge in [-0.15, -0.1) is 0 Å². The molecule has 1 heterocycles. The van der Waals surface area contributed by atoms with E-state index in [9.17, 15) is 22.8 Å². The number of rotatable bonds is 6. The fraction of sp³-hybridized carbons (Fsp3) is 0.261. The molecular formula is C23H24N2O8S. The van der Waals surface area contributed by atoms with Crippen LogP contribution in [0.15, 0.2) is 40.9 Å². The second-order valence-corrected chi connectivity index (χ2v) is 9.07. The highest BCUT2D eigenvalue weighted by atomic mass is 32.2. The number of hydrogen-bond donors (Lipinski definition) is 1. The summed E-state index contributed by atoms with van der Waals surface area (Å²) in [4.78, 5) is 37.3. The predicted molar refractivity (Wildman–Crippen MR) is 122 cm³/mol. The van der Waals surface area contributed by atoms with Crippen molar-refractivity contribution in [1.29, 1.82) is 0 Å². The van der Waals surface area contributed by atoms with E-state index in [-0.39, 0.29) is 39.0 Å². The summed E-state index contributed by atoms with van der Waals surface area (Å²) in [5.41, 5.74) is 1.03. The van der Waals surface area contributed by atoms with Gasteiger partial charge in [-0.25, -0.2) is 0 Å². The Morgan fingerprint density at radius 2 is 1.71 bits per heavy atom. The molecule has 0 saturated carbocycles. The SMILES string of the molecule is COc1cc(/C=C2\NC(=O)CN(C(C)=O)C2=O)c(OS(=O)(=O)c2ccc(C)cc2)c(C)c1OC. The molecule has 0 bridgehead atoms. The summed E-state index contributed by atoms with van der Waals surface area (Å²) in [5.74, 6) is -1.59. The Morgan fingerprint density at radius 1 is 1.06 bits per heavy atom. The molecule has 0 aromatic heterocycles. The highest BCUT2D eigenvalue weighted by Gasteiger charge is 2.32. The molecule has 3 rings (SSSR count). The Hall–Kier alpha value is -3.86. The molecule has 0 unspecified atom stereocenters. The smallest absolute Gasteiger partial charge is 0.339 e. The number of nitrogens with zero attached hydrogens (tertiary/aromatic N) is 1. The average molecular weight is 489 g/mol. The summed E-state index contributed by atoms with van der Waals surface area (Å²) in [6.45, 7) is 4.13. The van der Waals surface area contributed by atoms with Gasteiger partial charge in [0.05, 0.1) is 14.2 Å². The van der Waals surface area contributed by atoms with Gasteiger partial charge in [-0.1, -0.05) is 17.7 Å². The van der Waals surface area contributed by atoms with E-state index >= 15 is 0 Å². The van der Waals surface area contributed by atoms with Gasteiger partial charge >= 0.3 is 10.1 Å². The van der Waals surface area contributed by atoms with Crippen LogP contribution in [0.4, 0.5) is 0 Å². The Balaban J connectivity index is 2.19. The van der Waals surface area contributed by atoms with E-state index in [1.54, 1.807) is 19.1 Å². The van der Waals surface area contributed by atoms with Crippen molar-refractivity contribution in [2.45, 2.75) is 25.7 Å². The van der Waals surface area contributed by atoms with Crippen molar-refractivity contribution in [2.24, 2.45) is 0 Å².